The van der Waals surface area contributed by atoms with E-state index in [-0.39, 0.29) is 5.69 Å². The van der Waals surface area contributed by atoms with Gasteiger partial charge < -0.3 is 4.90 Å². The molecule has 0 aliphatic carbocycles. The number of aromatic nitrogens is 1. The number of rotatable bonds is 4. The normalized spacial score (nSPS) is 10.1. The summed E-state index contributed by atoms with van der Waals surface area (Å²) in [5.41, 5.74) is 2.80. The molecule has 102 valence electrons. The number of nitriles is 1. The van der Waals surface area contributed by atoms with Crippen molar-refractivity contribution in [1.82, 2.24) is 4.98 Å². The van der Waals surface area contributed by atoms with E-state index < -0.39 is 0 Å². The van der Waals surface area contributed by atoms with Crippen LogP contribution >= 0.6 is 11.6 Å². The van der Waals surface area contributed by atoms with Gasteiger partial charge in [-0.15, -0.1) is 0 Å². The van der Waals surface area contributed by atoms with Gasteiger partial charge in [0.25, 0.3) is 0 Å². The summed E-state index contributed by atoms with van der Waals surface area (Å²) in [5, 5.41) is 9.34. The van der Waals surface area contributed by atoms with Crippen molar-refractivity contribution in [3.05, 3.63) is 58.2 Å². The largest absolute Gasteiger partial charge is 0.355 e. The quantitative estimate of drug-likeness (QED) is 0.858. The Morgan fingerprint density at radius 3 is 2.40 bits per heavy atom. The summed E-state index contributed by atoms with van der Waals surface area (Å²) >= 11 is 5.89. The Kier molecular flexibility index (Phi) is 4.60. The third kappa shape index (κ3) is 3.28. The van der Waals surface area contributed by atoms with E-state index in [0.717, 1.165) is 18.8 Å². The molecule has 0 aliphatic rings. The maximum atomic E-state index is 8.96. The number of hydrogen-bond donors (Lipinski definition) is 0. The molecule has 0 N–H and O–H groups in total. The molecule has 2 aromatic rings. The number of aryl methyl sites for hydroxylation is 1. The number of hydrogen-bond acceptors (Lipinski definition) is 3. The van der Waals surface area contributed by atoms with Crippen molar-refractivity contribution in [2.75, 3.05) is 11.9 Å². The molecule has 0 saturated carbocycles. The number of halogens is 1. The third-order valence-corrected chi connectivity index (χ3v) is 3.48. The van der Waals surface area contributed by atoms with Crippen molar-refractivity contribution in [3.63, 3.8) is 0 Å². The lowest BCUT2D eigenvalue weighted by atomic mass is 10.1. The second kappa shape index (κ2) is 6.40. The van der Waals surface area contributed by atoms with E-state index in [0.29, 0.717) is 5.02 Å². The van der Waals surface area contributed by atoms with Crippen LogP contribution < -0.4 is 4.90 Å². The minimum absolute atomic E-state index is 0.261. The smallest absolute Gasteiger partial charge is 0.161 e. The van der Waals surface area contributed by atoms with Crippen LogP contribution in [0, 0.1) is 11.3 Å². The van der Waals surface area contributed by atoms with E-state index in [4.69, 9.17) is 16.9 Å². The van der Waals surface area contributed by atoms with Crippen molar-refractivity contribution < 1.29 is 0 Å². The molecule has 0 atom stereocenters. The maximum Gasteiger partial charge on any atom is 0.161 e. The molecule has 1 aromatic heterocycles. The summed E-state index contributed by atoms with van der Waals surface area (Å²) in [5.74, 6) is 0.741. The van der Waals surface area contributed by atoms with Gasteiger partial charge in [0.1, 0.15) is 11.9 Å². The molecule has 20 heavy (non-hydrogen) atoms. The lowest BCUT2D eigenvalue weighted by Crippen LogP contribution is -2.18. The molecule has 4 heteroatoms. The van der Waals surface area contributed by atoms with Gasteiger partial charge in [-0.05, 0) is 29.7 Å². The number of nitrogens with zero attached hydrogens (tertiary/aromatic N) is 3. The van der Waals surface area contributed by atoms with Crippen LogP contribution in [0.5, 0.6) is 0 Å². The molecule has 0 saturated heterocycles. The number of pyridine rings is 1. The van der Waals surface area contributed by atoms with Gasteiger partial charge in [-0.1, -0.05) is 42.8 Å². The Morgan fingerprint density at radius 2 is 1.80 bits per heavy atom. The highest BCUT2D eigenvalue weighted by molar-refractivity contribution is 6.31. The fraction of sp³-hybridized carbons (Fsp3) is 0.250. The van der Waals surface area contributed by atoms with Gasteiger partial charge in [-0.2, -0.15) is 5.26 Å². The summed E-state index contributed by atoms with van der Waals surface area (Å²) < 4.78 is 0. The van der Waals surface area contributed by atoms with Crippen LogP contribution in [0.1, 0.15) is 23.7 Å². The molecule has 3 nitrogen and oxygen atoms in total. The highest BCUT2D eigenvalue weighted by Gasteiger charge is 2.07. The summed E-state index contributed by atoms with van der Waals surface area (Å²) in [7, 11) is 1.95. The lowest BCUT2D eigenvalue weighted by Gasteiger charge is -2.18. The predicted molar refractivity (Wildman–Crippen MR) is 81.9 cm³/mol. The number of anilines is 1. The highest BCUT2D eigenvalue weighted by atomic mass is 35.5. The van der Waals surface area contributed by atoms with E-state index in [2.05, 4.69) is 36.2 Å². The average Bonchev–Trinajstić information content (AvgIpc) is 2.48. The van der Waals surface area contributed by atoms with Gasteiger partial charge in [0.15, 0.2) is 5.69 Å². The first-order valence-corrected chi connectivity index (χ1v) is 6.87. The second-order valence-electron chi connectivity index (χ2n) is 4.64. The molecule has 0 radical (unpaired) electrons. The molecular formula is C16H16ClN3. The van der Waals surface area contributed by atoms with Gasteiger partial charge in [0, 0.05) is 13.6 Å². The Balaban J connectivity index is 2.15. The van der Waals surface area contributed by atoms with E-state index >= 15 is 0 Å². The lowest BCUT2D eigenvalue weighted by molar-refractivity contribution is 0.894. The first-order chi connectivity index (χ1) is 9.63. The minimum Gasteiger partial charge on any atom is -0.355 e. The van der Waals surface area contributed by atoms with Gasteiger partial charge in [-0.25, -0.2) is 4.98 Å². The molecule has 0 bridgehead atoms. The zero-order chi connectivity index (χ0) is 14.5. The van der Waals surface area contributed by atoms with Crippen LogP contribution in [0.2, 0.25) is 5.02 Å². The van der Waals surface area contributed by atoms with Crippen molar-refractivity contribution in [2.45, 2.75) is 19.9 Å². The molecular weight excluding hydrogens is 270 g/mol. The molecule has 0 aliphatic heterocycles. The van der Waals surface area contributed by atoms with Crippen LogP contribution in [0.4, 0.5) is 5.82 Å². The van der Waals surface area contributed by atoms with Crippen molar-refractivity contribution in [3.8, 4) is 6.07 Å². The summed E-state index contributed by atoms with van der Waals surface area (Å²) in [6.07, 6.45) is 1.04. The van der Waals surface area contributed by atoms with Crippen LogP contribution in [-0.4, -0.2) is 12.0 Å². The third-order valence-electron chi connectivity index (χ3n) is 3.18. The summed E-state index contributed by atoms with van der Waals surface area (Å²) in [6.45, 7) is 2.88. The molecule has 1 heterocycles. The van der Waals surface area contributed by atoms with Crippen LogP contribution in [0.3, 0.4) is 0 Å². The Bertz CT molecular complexity index is 629. The monoisotopic (exact) mass is 285 g/mol. The second-order valence-corrected chi connectivity index (χ2v) is 5.04. The van der Waals surface area contributed by atoms with Crippen LogP contribution in [-0.2, 0) is 13.0 Å². The van der Waals surface area contributed by atoms with Gasteiger partial charge in [0.2, 0.25) is 0 Å². The maximum absolute atomic E-state index is 8.96. The zero-order valence-corrected chi connectivity index (χ0v) is 12.4. The van der Waals surface area contributed by atoms with Crippen LogP contribution in [0.25, 0.3) is 0 Å². The van der Waals surface area contributed by atoms with E-state index in [9.17, 15) is 0 Å². The van der Waals surface area contributed by atoms with Crippen molar-refractivity contribution in [2.24, 2.45) is 0 Å². The molecule has 0 amide bonds. The van der Waals surface area contributed by atoms with Crippen molar-refractivity contribution >= 4 is 17.4 Å². The molecule has 0 spiro atoms. The fourth-order valence-electron chi connectivity index (χ4n) is 1.96. The predicted octanol–water partition coefficient (Wildman–Crippen LogP) is 3.81. The number of benzene rings is 1. The van der Waals surface area contributed by atoms with Gasteiger partial charge in [0.05, 0.1) is 5.02 Å². The molecule has 0 unspecified atom stereocenters. The molecule has 1 aromatic carbocycles. The van der Waals surface area contributed by atoms with E-state index in [1.165, 1.54) is 11.1 Å². The van der Waals surface area contributed by atoms with Crippen molar-refractivity contribution in [1.29, 1.82) is 5.26 Å². The van der Waals surface area contributed by atoms with E-state index in [1.807, 2.05) is 24.1 Å². The summed E-state index contributed by atoms with van der Waals surface area (Å²) in [4.78, 5) is 6.25. The highest BCUT2D eigenvalue weighted by Crippen LogP contribution is 2.19. The van der Waals surface area contributed by atoms with Gasteiger partial charge in [-0.3, -0.25) is 0 Å². The molecule has 2 rings (SSSR count). The molecule has 0 fully saturated rings. The summed E-state index contributed by atoms with van der Waals surface area (Å²) in [6, 6.07) is 14.0. The first kappa shape index (κ1) is 14.4. The van der Waals surface area contributed by atoms with Crippen LogP contribution in [0.15, 0.2) is 36.4 Å². The Labute approximate surface area is 124 Å². The Hall–Kier alpha value is -2.05. The SMILES string of the molecule is CCc1ccc(CN(C)c2ccc(Cl)c(C#N)n2)cc1. The van der Waals surface area contributed by atoms with E-state index in [1.54, 1.807) is 6.07 Å². The zero-order valence-electron chi connectivity index (χ0n) is 11.6. The minimum atomic E-state index is 0.261. The topological polar surface area (TPSA) is 39.9 Å². The standard InChI is InChI=1S/C16H16ClN3/c1-3-12-4-6-13(7-5-12)11-20(2)16-9-8-14(17)15(10-18)19-16/h4-9H,3,11H2,1-2H3. The average molecular weight is 286 g/mol. The Morgan fingerprint density at radius 1 is 1.15 bits per heavy atom. The first-order valence-electron chi connectivity index (χ1n) is 6.49. The fourth-order valence-corrected chi connectivity index (χ4v) is 2.11. The van der Waals surface area contributed by atoms with Gasteiger partial charge >= 0.3 is 0 Å².